The minimum absolute atomic E-state index is 0. The van der Waals surface area contributed by atoms with Crippen molar-refractivity contribution in [1.82, 2.24) is 9.97 Å². The standard InChI is InChI=1S/C24H20N2O4.C2H4O2.Mn/c1-29-21-13-5-11-19(27)23(21)17-9-3-7-15(25-17)16-8-4-10-18(26-16)24-20(28)12-6-14-22(24)30-2;1-2(3)4;/h3-14,27-28H,1-2H3;1H3,(H,3,4);. The molecule has 0 unspecified atom stereocenters. The number of carboxylic acid groups (broad SMARTS) is 1. The van der Waals surface area contributed by atoms with Crippen molar-refractivity contribution in [2.45, 2.75) is 6.92 Å². The number of carboxylic acids is 1. The Morgan fingerprint density at radius 3 is 1.31 bits per heavy atom. The number of hydrogen-bond acceptors (Lipinski definition) is 7. The maximum atomic E-state index is 10.3. The van der Waals surface area contributed by atoms with E-state index in [4.69, 9.17) is 19.4 Å². The van der Waals surface area contributed by atoms with Gasteiger partial charge in [-0.25, -0.2) is 9.97 Å². The molecule has 0 atom stereocenters. The first-order valence-corrected chi connectivity index (χ1v) is 10.2. The van der Waals surface area contributed by atoms with E-state index in [1.807, 2.05) is 24.3 Å². The van der Waals surface area contributed by atoms with Crippen LogP contribution in [0.1, 0.15) is 6.92 Å². The fraction of sp³-hybridized carbons (Fsp3) is 0.115. The second kappa shape index (κ2) is 12.4. The van der Waals surface area contributed by atoms with Crippen LogP contribution in [0, 0.1) is 0 Å². The number of hydrogen-bond donors (Lipinski definition) is 3. The third-order valence-electron chi connectivity index (χ3n) is 4.72. The number of benzene rings is 2. The van der Waals surface area contributed by atoms with E-state index in [0.717, 1.165) is 6.92 Å². The molecule has 1 radical (unpaired) electrons. The fourth-order valence-corrected chi connectivity index (χ4v) is 3.33. The minimum atomic E-state index is -0.833. The molecular weight excluding hydrogens is 491 g/mol. The fourth-order valence-electron chi connectivity index (χ4n) is 3.33. The van der Waals surface area contributed by atoms with E-state index >= 15 is 0 Å². The smallest absolute Gasteiger partial charge is 0.300 e. The number of aliphatic carboxylic acids is 1. The van der Waals surface area contributed by atoms with Crippen molar-refractivity contribution in [3.8, 4) is 56.9 Å². The van der Waals surface area contributed by atoms with Crippen LogP contribution in [0.15, 0.2) is 72.8 Å². The van der Waals surface area contributed by atoms with Crippen molar-refractivity contribution in [3.05, 3.63) is 72.8 Å². The van der Waals surface area contributed by atoms with Crippen molar-refractivity contribution in [1.29, 1.82) is 0 Å². The van der Waals surface area contributed by atoms with E-state index in [-0.39, 0.29) is 28.6 Å². The van der Waals surface area contributed by atoms with Crippen LogP contribution in [0.3, 0.4) is 0 Å². The molecule has 4 aromatic rings. The summed E-state index contributed by atoms with van der Waals surface area (Å²) in [5.74, 6) is 0.389. The van der Waals surface area contributed by atoms with E-state index in [2.05, 4.69) is 9.97 Å². The topological polar surface area (TPSA) is 122 Å². The summed E-state index contributed by atoms with van der Waals surface area (Å²) in [7, 11) is 3.10. The van der Waals surface area contributed by atoms with Gasteiger partial charge in [-0.05, 0) is 48.5 Å². The van der Waals surface area contributed by atoms with Crippen molar-refractivity contribution in [3.63, 3.8) is 0 Å². The van der Waals surface area contributed by atoms with Gasteiger partial charge < -0.3 is 24.8 Å². The van der Waals surface area contributed by atoms with E-state index < -0.39 is 5.97 Å². The molecule has 2 heterocycles. The summed E-state index contributed by atoms with van der Waals surface area (Å²) in [5.41, 5.74) is 3.40. The molecule has 8 nitrogen and oxygen atoms in total. The number of aromatic hydroxyl groups is 2. The summed E-state index contributed by atoms with van der Waals surface area (Å²) in [4.78, 5) is 18.4. The summed E-state index contributed by atoms with van der Waals surface area (Å²) in [6.45, 7) is 1.08. The van der Waals surface area contributed by atoms with E-state index in [1.165, 1.54) is 0 Å². The number of phenols is 2. The van der Waals surface area contributed by atoms with Gasteiger partial charge in [0.25, 0.3) is 5.97 Å². The molecule has 35 heavy (non-hydrogen) atoms. The van der Waals surface area contributed by atoms with Crippen LogP contribution in [0.5, 0.6) is 23.0 Å². The molecule has 4 rings (SSSR count). The number of rotatable bonds is 5. The first kappa shape index (κ1) is 27.2. The van der Waals surface area contributed by atoms with Crippen LogP contribution in [-0.2, 0) is 21.9 Å². The molecule has 0 amide bonds. The molecule has 3 N–H and O–H groups in total. The van der Waals surface area contributed by atoms with Crippen molar-refractivity contribution >= 4 is 5.97 Å². The second-order valence-corrected chi connectivity index (χ2v) is 7.04. The number of ether oxygens (including phenoxy) is 2. The van der Waals surface area contributed by atoms with Gasteiger partial charge in [-0.1, -0.05) is 24.3 Å². The Hall–Kier alpha value is -4.07. The molecular formula is C26H24MnN2O6. The van der Waals surface area contributed by atoms with Crippen LogP contribution in [0.25, 0.3) is 33.9 Å². The van der Waals surface area contributed by atoms with Gasteiger partial charge in [0.15, 0.2) is 0 Å². The maximum absolute atomic E-state index is 10.3. The van der Waals surface area contributed by atoms with E-state index in [0.29, 0.717) is 45.4 Å². The number of nitrogens with zero attached hydrogens (tertiary/aromatic N) is 2. The molecule has 0 fully saturated rings. The average molecular weight is 515 g/mol. The van der Waals surface area contributed by atoms with Gasteiger partial charge in [0, 0.05) is 24.0 Å². The number of phenolic OH excluding ortho intramolecular Hbond substituents is 2. The van der Waals surface area contributed by atoms with Gasteiger partial charge in [0.05, 0.1) is 48.1 Å². The molecule has 0 aliphatic carbocycles. The van der Waals surface area contributed by atoms with Crippen molar-refractivity contribution in [2.75, 3.05) is 14.2 Å². The SMILES string of the molecule is CC(=O)O.COc1cccc(O)c1-c1cccc(-c2cccc(-c3c(O)cccc3OC)n2)n1.[Mn]. The first-order valence-electron chi connectivity index (χ1n) is 10.2. The quantitative estimate of drug-likeness (QED) is 0.318. The first-order chi connectivity index (χ1) is 16.3. The molecule has 2 aromatic heterocycles. The summed E-state index contributed by atoms with van der Waals surface area (Å²) in [6.07, 6.45) is 0. The summed E-state index contributed by atoms with van der Waals surface area (Å²) < 4.78 is 10.8. The number of pyridine rings is 2. The largest absolute Gasteiger partial charge is 0.507 e. The molecule has 9 heteroatoms. The average Bonchev–Trinajstić information content (AvgIpc) is 2.83. The monoisotopic (exact) mass is 515 g/mol. The normalized spacial score (nSPS) is 9.80. The molecule has 0 saturated heterocycles. The second-order valence-electron chi connectivity index (χ2n) is 7.04. The Morgan fingerprint density at radius 2 is 0.971 bits per heavy atom. The van der Waals surface area contributed by atoms with Crippen LogP contribution >= 0.6 is 0 Å². The molecule has 0 saturated carbocycles. The van der Waals surface area contributed by atoms with Gasteiger partial charge in [-0.15, -0.1) is 0 Å². The van der Waals surface area contributed by atoms with Gasteiger partial charge in [0.1, 0.15) is 23.0 Å². The Balaban J connectivity index is 0.000000804. The van der Waals surface area contributed by atoms with E-state index in [9.17, 15) is 10.2 Å². The van der Waals surface area contributed by atoms with E-state index in [1.54, 1.807) is 62.8 Å². The molecule has 0 spiro atoms. The predicted molar refractivity (Wildman–Crippen MR) is 128 cm³/mol. The zero-order valence-electron chi connectivity index (χ0n) is 19.3. The Morgan fingerprint density at radius 1 is 0.657 bits per heavy atom. The van der Waals surface area contributed by atoms with Gasteiger partial charge in [-0.2, -0.15) is 0 Å². The predicted octanol–water partition coefficient (Wildman–Crippen LogP) is 4.99. The van der Waals surface area contributed by atoms with Crippen molar-refractivity contribution in [2.24, 2.45) is 0 Å². The zero-order chi connectivity index (χ0) is 24.7. The molecule has 0 bridgehead atoms. The Bertz CT molecular complexity index is 1210. The third kappa shape index (κ3) is 6.50. The number of carbonyl (C=O) groups is 1. The molecule has 2 aromatic carbocycles. The minimum Gasteiger partial charge on any atom is -0.507 e. The number of methoxy groups -OCH3 is 2. The Kier molecular flexibility index (Phi) is 9.63. The van der Waals surface area contributed by atoms with Crippen molar-refractivity contribution < 1.29 is 46.7 Å². The van der Waals surface area contributed by atoms with Crippen LogP contribution in [0.4, 0.5) is 0 Å². The van der Waals surface area contributed by atoms with Crippen LogP contribution < -0.4 is 9.47 Å². The molecule has 0 aliphatic heterocycles. The van der Waals surface area contributed by atoms with Gasteiger partial charge in [-0.3, -0.25) is 4.79 Å². The van der Waals surface area contributed by atoms with Gasteiger partial charge >= 0.3 is 0 Å². The van der Waals surface area contributed by atoms with Crippen LogP contribution in [0.2, 0.25) is 0 Å². The summed E-state index contributed by atoms with van der Waals surface area (Å²) >= 11 is 0. The zero-order valence-corrected chi connectivity index (χ0v) is 20.4. The maximum Gasteiger partial charge on any atom is 0.300 e. The van der Waals surface area contributed by atoms with Crippen LogP contribution in [-0.4, -0.2) is 45.5 Å². The third-order valence-corrected chi connectivity index (χ3v) is 4.72. The van der Waals surface area contributed by atoms with Gasteiger partial charge in [0.2, 0.25) is 0 Å². The summed E-state index contributed by atoms with van der Waals surface area (Å²) in [6, 6.07) is 21.1. The Labute approximate surface area is 213 Å². The molecule has 0 aliphatic rings. The number of aromatic nitrogens is 2. The molecule has 181 valence electrons. The summed E-state index contributed by atoms with van der Waals surface area (Å²) in [5, 5.41) is 28.1.